The van der Waals surface area contributed by atoms with E-state index >= 15 is 0 Å². The van der Waals surface area contributed by atoms with Crippen molar-refractivity contribution in [3.63, 3.8) is 0 Å². The molecule has 0 unspecified atom stereocenters. The number of non-ortho nitro benzene ring substituents is 2. The Bertz CT molecular complexity index is 892. The molecular weight excluding hydrogens is 384 g/mol. The van der Waals surface area contributed by atoms with Gasteiger partial charge in [0.05, 0.1) is 9.85 Å². The van der Waals surface area contributed by atoms with E-state index in [9.17, 15) is 25.0 Å². The Kier molecular flexibility index (Phi) is 6.47. The van der Waals surface area contributed by atoms with Gasteiger partial charge in [0, 0.05) is 37.9 Å². The molecule has 2 aromatic rings. The van der Waals surface area contributed by atoms with Crippen LogP contribution >= 0.6 is 0 Å². The van der Waals surface area contributed by atoms with Gasteiger partial charge in [-0.05, 0) is 24.6 Å². The van der Waals surface area contributed by atoms with Gasteiger partial charge in [-0.2, -0.15) is 0 Å². The van der Waals surface area contributed by atoms with E-state index in [2.05, 4.69) is 19.6 Å². The van der Waals surface area contributed by atoms with Crippen LogP contribution in [0.15, 0.2) is 42.5 Å². The quantitative estimate of drug-likeness (QED) is 0.210. The van der Waals surface area contributed by atoms with E-state index in [4.69, 9.17) is 9.47 Å². The third-order valence-corrected chi connectivity index (χ3v) is 5.59. The van der Waals surface area contributed by atoms with Crippen LogP contribution in [-0.4, -0.2) is 24.1 Å². The van der Waals surface area contributed by atoms with Gasteiger partial charge in [-0.25, -0.2) is 4.79 Å². The largest absolute Gasteiger partial charge is 0.519 e. The molecular formula is C18H20N2O7Si. The average Bonchev–Trinajstić information content (AvgIpc) is 2.60. The highest BCUT2D eigenvalue weighted by molar-refractivity contribution is 6.76. The average molecular weight is 404 g/mol. The van der Waals surface area contributed by atoms with Crippen molar-refractivity contribution in [3.05, 3.63) is 68.3 Å². The van der Waals surface area contributed by atoms with Crippen LogP contribution in [0.4, 0.5) is 16.2 Å². The molecule has 0 fully saturated rings. The van der Waals surface area contributed by atoms with Crippen LogP contribution in [-0.2, 0) is 6.42 Å². The van der Waals surface area contributed by atoms with Crippen LogP contribution in [0.5, 0.6) is 11.5 Å². The maximum atomic E-state index is 12.1. The summed E-state index contributed by atoms with van der Waals surface area (Å²) in [6.07, 6.45) is -0.491. The molecule has 0 saturated carbocycles. The number of nitrogens with zero attached hydrogens (tertiary/aromatic N) is 2. The van der Waals surface area contributed by atoms with Crippen molar-refractivity contribution < 1.29 is 24.1 Å². The molecule has 0 saturated heterocycles. The SMILES string of the molecule is C[Si](C)(C)CCc1cc([N+](=O)[O-])ccc1OC(=O)Oc1ccc([N+](=O)[O-])cc1. The molecule has 0 amide bonds. The second kappa shape index (κ2) is 8.61. The fraction of sp³-hybridized carbons (Fsp3) is 0.278. The summed E-state index contributed by atoms with van der Waals surface area (Å²) in [5.41, 5.74) is 0.337. The fourth-order valence-corrected chi connectivity index (χ4v) is 3.35. The molecule has 0 aliphatic rings. The molecule has 0 atom stereocenters. The van der Waals surface area contributed by atoms with Gasteiger partial charge in [0.2, 0.25) is 0 Å². The van der Waals surface area contributed by atoms with Gasteiger partial charge >= 0.3 is 6.16 Å². The summed E-state index contributed by atoms with van der Waals surface area (Å²) in [5, 5.41) is 21.7. The number of benzene rings is 2. The molecule has 0 radical (unpaired) electrons. The number of nitro benzene ring substituents is 2. The number of carbonyl (C=O) groups is 1. The lowest BCUT2D eigenvalue weighted by Gasteiger charge is -2.16. The van der Waals surface area contributed by atoms with E-state index in [0.29, 0.717) is 12.0 Å². The number of nitro groups is 2. The van der Waals surface area contributed by atoms with Gasteiger partial charge in [-0.1, -0.05) is 25.7 Å². The number of rotatable bonds is 7. The minimum atomic E-state index is -1.42. The second-order valence-corrected chi connectivity index (χ2v) is 12.9. The van der Waals surface area contributed by atoms with Gasteiger partial charge in [0.25, 0.3) is 11.4 Å². The molecule has 9 nitrogen and oxygen atoms in total. The Morgan fingerprint density at radius 1 is 0.929 bits per heavy atom. The van der Waals surface area contributed by atoms with Gasteiger partial charge in [-0.15, -0.1) is 0 Å². The summed E-state index contributed by atoms with van der Waals surface area (Å²) in [5.74, 6) is 0.275. The van der Waals surface area contributed by atoms with Crippen LogP contribution in [0, 0.1) is 20.2 Å². The summed E-state index contributed by atoms with van der Waals surface area (Å²) in [6.45, 7) is 6.52. The molecule has 2 rings (SSSR count). The van der Waals surface area contributed by atoms with Crippen LogP contribution in [0.2, 0.25) is 25.7 Å². The van der Waals surface area contributed by atoms with Gasteiger partial charge < -0.3 is 9.47 Å². The highest BCUT2D eigenvalue weighted by Crippen LogP contribution is 2.28. The molecule has 0 N–H and O–H groups in total. The van der Waals surface area contributed by atoms with E-state index in [1.807, 2.05) is 0 Å². The first-order valence-corrected chi connectivity index (χ1v) is 12.2. The molecule has 0 spiro atoms. The molecule has 148 valence electrons. The molecule has 2 aromatic carbocycles. The zero-order chi connectivity index (χ0) is 20.9. The summed E-state index contributed by atoms with van der Waals surface area (Å²) in [7, 11) is -1.42. The first-order valence-electron chi connectivity index (χ1n) is 8.46. The Morgan fingerprint density at radius 2 is 1.50 bits per heavy atom. The molecule has 0 bridgehead atoms. The third-order valence-electron chi connectivity index (χ3n) is 3.84. The van der Waals surface area contributed by atoms with E-state index in [-0.39, 0.29) is 22.9 Å². The van der Waals surface area contributed by atoms with Crippen molar-refractivity contribution in [2.45, 2.75) is 32.1 Å². The van der Waals surface area contributed by atoms with Crippen molar-refractivity contribution in [2.24, 2.45) is 0 Å². The Labute approximate surface area is 162 Å². The van der Waals surface area contributed by atoms with Crippen molar-refractivity contribution in [2.75, 3.05) is 0 Å². The van der Waals surface area contributed by atoms with Gasteiger partial charge in [0.1, 0.15) is 11.5 Å². The van der Waals surface area contributed by atoms with Crippen molar-refractivity contribution in [3.8, 4) is 11.5 Å². The summed E-state index contributed by atoms with van der Waals surface area (Å²) >= 11 is 0. The fourth-order valence-electron chi connectivity index (χ4n) is 2.33. The minimum Gasteiger partial charge on any atom is -0.395 e. The Hall–Kier alpha value is -3.27. The molecule has 0 aliphatic heterocycles. The maximum absolute atomic E-state index is 12.1. The molecule has 0 heterocycles. The van der Waals surface area contributed by atoms with E-state index in [0.717, 1.165) is 6.04 Å². The number of carbonyl (C=O) groups excluding carboxylic acids is 1. The van der Waals surface area contributed by atoms with Crippen LogP contribution in [0.1, 0.15) is 5.56 Å². The van der Waals surface area contributed by atoms with Crippen molar-refractivity contribution in [1.29, 1.82) is 0 Å². The van der Waals surface area contributed by atoms with Crippen LogP contribution in [0.3, 0.4) is 0 Å². The zero-order valence-electron chi connectivity index (χ0n) is 15.7. The second-order valence-electron chi connectivity index (χ2n) is 7.31. The van der Waals surface area contributed by atoms with Crippen molar-refractivity contribution >= 4 is 25.6 Å². The highest BCUT2D eigenvalue weighted by Gasteiger charge is 2.19. The summed E-state index contributed by atoms with van der Waals surface area (Å²) < 4.78 is 10.2. The van der Waals surface area contributed by atoms with Gasteiger partial charge in [-0.3, -0.25) is 20.2 Å². The third kappa shape index (κ3) is 6.16. The predicted octanol–water partition coefficient (Wildman–Crippen LogP) is 4.96. The summed E-state index contributed by atoms with van der Waals surface area (Å²) in [4.78, 5) is 32.7. The number of ether oxygens (including phenoxy) is 2. The minimum absolute atomic E-state index is 0.0818. The molecule has 0 aliphatic carbocycles. The molecule has 10 heteroatoms. The van der Waals surface area contributed by atoms with Gasteiger partial charge in [0.15, 0.2) is 0 Å². The lowest BCUT2D eigenvalue weighted by Crippen LogP contribution is -2.20. The standard InChI is InChI=1S/C18H20N2O7Si/c1-28(2,3)11-10-13-12-15(20(24)25)6-9-17(13)27-18(21)26-16-7-4-14(5-8-16)19(22)23/h4-9,12H,10-11H2,1-3H3. The predicted molar refractivity (Wildman–Crippen MR) is 105 cm³/mol. The van der Waals surface area contributed by atoms with Crippen LogP contribution in [0.25, 0.3) is 0 Å². The molecule has 28 heavy (non-hydrogen) atoms. The first kappa shape index (κ1) is 21.0. The summed E-state index contributed by atoms with van der Waals surface area (Å²) in [6, 6.07) is 9.85. The normalized spacial score (nSPS) is 11.0. The number of hydrogen-bond donors (Lipinski definition) is 0. The monoisotopic (exact) mass is 404 g/mol. The lowest BCUT2D eigenvalue weighted by atomic mass is 10.1. The van der Waals surface area contributed by atoms with E-state index < -0.39 is 24.1 Å². The maximum Gasteiger partial charge on any atom is 0.519 e. The first-order chi connectivity index (χ1) is 13.0. The molecule has 0 aromatic heterocycles. The van der Waals surface area contributed by atoms with E-state index in [1.54, 1.807) is 0 Å². The number of hydrogen-bond acceptors (Lipinski definition) is 7. The van der Waals surface area contributed by atoms with Crippen LogP contribution < -0.4 is 9.47 Å². The Morgan fingerprint density at radius 3 is 2.04 bits per heavy atom. The lowest BCUT2D eigenvalue weighted by molar-refractivity contribution is -0.385. The topological polar surface area (TPSA) is 122 Å². The smallest absolute Gasteiger partial charge is 0.395 e. The highest BCUT2D eigenvalue weighted by atomic mass is 28.3. The number of aryl methyl sites for hydroxylation is 1. The van der Waals surface area contributed by atoms with Crippen molar-refractivity contribution in [1.82, 2.24) is 0 Å². The zero-order valence-corrected chi connectivity index (χ0v) is 16.7. The van der Waals surface area contributed by atoms with E-state index in [1.165, 1.54) is 42.5 Å². The Balaban J connectivity index is 2.15.